The van der Waals surface area contributed by atoms with Gasteiger partial charge in [0, 0.05) is 31.1 Å². The molecule has 112 valence electrons. The van der Waals surface area contributed by atoms with Crippen LogP contribution in [0.4, 0.5) is 0 Å². The Morgan fingerprint density at radius 1 is 1.20 bits per heavy atom. The van der Waals surface area contributed by atoms with E-state index >= 15 is 0 Å². The topological polar surface area (TPSA) is 21.1 Å². The molecule has 2 aromatic rings. The van der Waals surface area contributed by atoms with Crippen molar-refractivity contribution < 1.29 is 0 Å². The summed E-state index contributed by atoms with van der Waals surface area (Å²) in [6, 6.07) is 6.00. The van der Waals surface area contributed by atoms with E-state index in [1.807, 2.05) is 12.1 Å². The molecular formula is C14H20Cl3N3. The Kier molecular flexibility index (Phi) is 6.59. The summed E-state index contributed by atoms with van der Waals surface area (Å²) in [6.45, 7) is 6.70. The van der Waals surface area contributed by atoms with Gasteiger partial charge in [-0.15, -0.1) is 24.8 Å². The monoisotopic (exact) mass is 335 g/mol. The van der Waals surface area contributed by atoms with E-state index in [1.54, 1.807) is 0 Å². The number of halogens is 3. The number of hydrogen-bond donors (Lipinski definition) is 0. The molecule has 0 saturated carbocycles. The fraction of sp³-hybridized carbons (Fsp3) is 0.500. The third-order valence-corrected chi connectivity index (χ3v) is 3.86. The Morgan fingerprint density at radius 3 is 2.75 bits per heavy atom. The summed E-state index contributed by atoms with van der Waals surface area (Å²) in [5.74, 6) is 1.20. The van der Waals surface area contributed by atoms with Crippen LogP contribution in [0.2, 0.25) is 5.02 Å². The third-order valence-electron chi connectivity index (χ3n) is 3.62. The summed E-state index contributed by atoms with van der Waals surface area (Å²) in [6.07, 6.45) is 2.25. The highest BCUT2D eigenvalue weighted by Crippen LogP contribution is 2.22. The Labute approximate surface area is 137 Å². The normalized spacial score (nSPS) is 15.1. The van der Waals surface area contributed by atoms with Gasteiger partial charge in [-0.25, -0.2) is 4.98 Å². The van der Waals surface area contributed by atoms with Crippen LogP contribution in [0.3, 0.4) is 0 Å². The summed E-state index contributed by atoms with van der Waals surface area (Å²) in [5.41, 5.74) is 2.24. The van der Waals surface area contributed by atoms with Gasteiger partial charge in [-0.3, -0.25) is 0 Å². The summed E-state index contributed by atoms with van der Waals surface area (Å²) < 4.78 is 2.35. The van der Waals surface area contributed by atoms with Crippen LogP contribution in [0.1, 0.15) is 19.2 Å². The van der Waals surface area contributed by atoms with Gasteiger partial charge in [0.1, 0.15) is 5.82 Å². The molecule has 0 fully saturated rings. The van der Waals surface area contributed by atoms with E-state index in [1.165, 1.54) is 24.3 Å². The average molecular weight is 337 g/mol. The maximum atomic E-state index is 6.02. The lowest BCUT2D eigenvalue weighted by Gasteiger charge is -2.18. The lowest BCUT2D eigenvalue weighted by atomic mass is 10.3. The molecular weight excluding hydrogens is 317 g/mol. The fourth-order valence-corrected chi connectivity index (χ4v) is 2.91. The van der Waals surface area contributed by atoms with Gasteiger partial charge in [-0.2, -0.15) is 0 Å². The first-order valence-corrected chi connectivity index (χ1v) is 7.02. The van der Waals surface area contributed by atoms with Crippen LogP contribution in [0.25, 0.3) is 11.0 Å². The fourth-order valence-electron chi connectivity index (χ4n) is 2.74. The Bertz CT molecular complexity index is 568. The van der Waals surface area contributed by atoms with Crippen LogP contribution >= 0.6 is 36.4 Å². The molecule has 1 aliphatic heterocycles. The van der Waals surface area contributed by atoms with E-state index < -0.39 is 0 Å². The van der Waals surface area contributed by atoms with E-state index in [2.05, 4.69) is 22.5 Å². The van der Waals surface area contributed by atoms with Crippen molar-refractivity contribution in [2.45, 2.75) is 26.3 Å². The van der Waals surface area contributed by atoms with Crippen molar-refractivity contribution in [2.75, 3.05) is 19.6 Å². The third kappa shape index (κ3) is 3.40. The second kappa shape index (κ2) is 7.51. The van der Waals surface area contributed by atoms with Crippen LogP contribution in [0, 0.1) is 0 Å². The minimum atomic E-state index is 0. The zero-order chi connectivity index (χ0) is 12.5. The first-order chi connectivity index (χ1) is 8.78. The number of benzene rings is 1. The molecule has 0 atom stereocenters. The molecule has 3 rings (SSSR count). The summed E-state index contributed by atoms with van der Waals surface area (Å²) in [5, 5.41) is 0.767. The number of imidazole rings is 1. The molecule has 0 spiro atoms. The van der Waals surface area contributed by atoms with Crippen molar-refractivity contribution in [3.05, 3.63) is 29.0 Å². The Hall–Kier alpha value is -0.480. The smallest absolute Gasteiger partial charge is 0.111 e. The van der Waals surface area contributed by atoms with Crippen LogP contribution in [-0.2, 0) is 13.0 Å². The maximum Gasteiger partial charge on any atom is 0.111 e. The van der Waals surface area contributed by atoms with Crippen molar-refractivity contribution >= 4 is 47.4 Å². The van der Waals surface area contributed by atoms with Crippen LogP contribution in [0.5, 0.6) is 0 Å². The van der Waals surface area contributed by atoms with Gasteiger partial charge < -0.3 is 9.47 Å². The lowest BCUT2D eigenvalue weighted by molar-refractivity contribution is 0.281. The van der Waals surface area contributed by atoms with Gasteiger partial charge in [0.05, 0.1) is 11.0 Å². The molecule has 2 heterocycles. The van der Waals surface area contributed by atoms with Crippen molar-refractivity contribution in [3.63, 3.8) is 0 Å². The Morgan fingerprint density at radius 2 is 2.00 bits per heavy atom. The quantitative estimate of drug-likeness (QED) is 0.831. The molecule has 0 aliphatic carbocycles. The van der Waals surface area contributed by atoms with E-state index in [0.717, 1.165) is 36.6 Å². The number of aromatic nitrogens is 2. The molecule has 6 heteroatoms. The average Bonchev–Trinajstić information content (AvgIpc) is 2.57. The van der Waals surface area contributed by atoms with E-state index in [4.69, 9.17) is 16.6 Å². The van der Waals surface area contributed by atoms with E-state index in [9.17, 15) is 0 Å². The molecule has 0 amide bonds. The number of fused-ring (bicyclic) bond motifs is 3. The van der Waals surface area contributed by atoms with Gasteiger partial charge in [0.15, 0.2) is 0 Å². The number of hydrogen-bond acceptors (Lipinski definition) is 2. The maximum absolute atomic E-state index is 6.02. The molecule has 3 nitrogen and oxygen atoms in total. The highest BCUT2D eigenvalue weighted by Gasteiger charge is 2.16. The largest absolute Gasteiger partial charge is 0.327 e. The molecule has 1 aromatic carbocycles. The second-order valence-electron chi connectivity index (χ2n) is 4.90. The molecule has 1 aliphatic rings. The van der Waals surface area contributed by atoms with Gasteiger partial charge in [0.2, 0.25) is 0 Å². The molecule has 0 unspecified atom stereocenters. The highest BCUT2D eigenvalue weighted by molar-refractivity contribution is 6.31. The SMILES string of the molecule is CCCN1CCc2nc3cc(Cl)ccc3n2CC1.Cl.Cl. The molecule has 1 aromatic heterocycles. The summed E-state index contributed by atoms with van der Waals surface area (Å²) >= 11 is 6.02. The first-order valence-electron chi connectivity index (χ1n) is 6.65. The number of rotatable bonds is 2. The van der Waals surface area contributed by atoms with Gasteiger partial charge >= 0.3 is 0 Å². The zero-order valence-electron chi connectivity index (χ0n) is 11.5. The predicted molar refractivity (Wildman–Crippen MR) is 89.7 cm³/mol. The first kappa shape index (κ1) is 17.6. The van der Waals surface area contributed by atoms with Gasteiger partial charge in [0.25, 0.3) is 0 Å². The van der Waals surface area contributed by atoms with Crippen LogP contribution in [0.15, 0.2) is 18.2 Å². The molecule has 0 saturated heterocycles. The van der Waals surface area contributed by atoms with Crippen LogP contribution < -0.4 is 0 Å². The van der Waals surface area contributed by atoms with Crippen molar-refractivity contribution in [2.24, 2.45) is 0 Å². The van der Waals surface area contributed by atoms with Gasteiger partial charge in [-0.05, 0) is 31.2 Å². The Balaban J connectivity index is 0.000001000. The molecule has 20 heavy (non-hydrogen) atoms. The molecule has 0 N–H and O–H groups in total. The number of nitrogens with zero attached hydrogens (tertiary/aromatic N) is 3. The zero-order valence-corrected chi connectivity index (χ0v) is 13.9. The predicted octanol–water partition coefficient (Wildman–Crippen LogP) is 3.80. The lowest BCUT2D eigenvalue weighted by Crippen LogP contribution is -2.27. The van der Waals surface area contributed by atoms with Crippen molar-refractivity contribution in [3.8, 4) is 0 Å². The van der Waals surface area contributed by atoms with Crippen molar-refractivity contribution in [1.29, 1.82) is 0 Å². The van der Waals surface area contributed by atoms with E-state index in [-0.39, 0.29) is 24.8 Å². The standard InChI is InChI=1S/C14H18ClN3.2ClH/c1-2-6-17-7-5-14-16-12-10-11(15)3-4-13(12)18(14)9-8-17;;/h3-4,10H,2,5-9H2,1H3;2*1H. The minimum absolute atomic E-state index is 0. The van der Waals surface area contributed by atoms with Crippen molar-refractivity contribution in [1.82, 2.24) is 14.5 Å². The molecule has 0 bridgehead atoms. The van der Waals surface area contributed by atoms with Crippen LogP contribution in [-0.4, -0.2) is 34.1 Å². The summed E-state index contributed by atoms with van der Waals surface area (Å²) in [7, 11) is 0. The second-order valence-corrected chi connectivity index (χ2v) is 5.34. The highest BCUT2D eigenvalue weighted by atomic mass is 35.5. The minimum Gasteiger partial charge on any atom is -0.327 e. The molecule has 0 radical (unpaired) electrons. The summed E-state index contributed by atoms with van der Waals surface area (Å²) in [4.78, 5) is 7.24. The van der Waals surface area contributed by atoms with E-state index in [0.29, 0.717) is 0 Å². The van der Waals surface area contributed by atoms with Gasteiger partial charge in [-0.1, -0.05) is 18.5 Å².